The Morgan fingerprint density at radius 2 is 1.90 bits per heavy atom. The van der Waals surface area contributed by atoms with Crippen molar-refractivity contribution in [2.75, 3.05) is 46.3 Å². The molecule has 2 fully saturated rings. The molecule has 2 atom stereocenters. The van der Waals surface area contributed by atoms with Gasteiger partial charge in [-0.15, -0.1) is 0 Å². The molecule has 0 aromatic carbocycles. The first kappa shape index (κ1) is 16.3. The standard InChI is InChI=1S/C17H35N3/c1-3-5-16-6-4-7-17(9-8-16)19(2)14-15-20-12-10-18-11-13-20/h16-18H,3-15H2,1-2H3. The molecule has 0 amide bonds. The molecule has 1 N–H and O–H groups in total. The van der Waals surface area contributed by atoms with Gasteiger partial charge in [-0.05, 0) is 32.2 Å². The second-order valence-corrected chi connectivity index (χ2v) is 6.89. The molecular weight excluding hydrogens is 246 g/mol. The lowest BCUT2D eigenvalue weighted by Gasteiger charge is -2.32. The number of hydrogen-bond donors (Lipinski definition) is 1. The number of rotatable bonds is 6. The molecule has 0 spiro atoms. The molecule has 2 aliphatic rings. The predicted octanol–water partition coefficient (Wildman–Crippen LogP) is 2.57. The van der Waals surface area contributed by atoms with E-state index in [1.807, 2.05) is 0 Å². The molecule has 1 saturated carbocycles. The number of piperazine rings is 1. The van der Waals surface area contributed by atoms with E-state index < -0.39 is 0 Å². The van der Waals surface area contributed by atoms with E-state index in [9.17, 15) is 0 Å². The molecular formula is C17H35N3. The highest BCUT2D eigenvalue weighted by atomic mass is 15.2. The van der Waals surface area contributed by atoms with Crippen molar-refractivity contribution in [2.24, 2.45) is 5.92 Å². The Kier molecular flexibility index (Phi) is 7.32. The predicted molar refractivity (Wildman–Crippen MR) is 87.2 cm³/mol. The summed E-state index contributed by atoms with van der Waals surface area (Å²) in [4.78, 5) is 5.26. The largest absolute Gasteiger partial charge is 0.314 e. The maximum atomic E-state index is 3.44. The quantitative estimate of drug-likeness (QED) is 0.755. The van der Waals surface area contributed by atoms with Gasteiger partial charge in [0.2, 0.25) is 0 Å². The van der Waals surface area contributed by atoms with Crippen LogP contribution in [0.1, 0.15) is 51.9 Å². The smallest absolute Gasteiger partial charge is 0.0110 e. The van der Waals surface area contributed by atoms with E-state index in [4.69, 9.17) is 0 Å². The minimum absolute atomic E-state index is 0.847. The zero-order valence-electron chi connectivity index (χ0n) is 13.7. The molecule has 1 heterocycles. The lowest BCUT2D eigenvalue weighted by Crippen LogP contribution is -2.47. The van der Waals surface area contributed by atoms with E-state index in [0.717, 1.165) is 12.0 Å². The molecule has 118 valence electrons. The molecule has 3 heteroatoms. The molecule has 0 aromatic heterocycles. The Morgan fingerprint density at radius 3 is 2.65 bits per heavy atom. The SMILES string of the molecule is CCCC1CCCC(N(C)CCN2CCNCC2)CC1. The maximum Gasteiger partial charge on any atom is 0.0110 e. The number of likely N-dealkylation sites (N-methyl/N-ethyl adjacent to an activating group) is 1. The summed E-state index contributed by atoms with van der Waals surface area (Å²) in [5.74, 6) is 1.02. The third-order valence-corrected chi connectivity index (χ3v) is 5.36. The summed E-state index contributed by atoms with van der Waals surface area (Å²) >= 11 is 0. The van der Waals surface area contributed by atoms with Gasteiger partial charge >= 0.3 is 0 Å². The zero-order valence-corrected chi connectivity index (χ0v) is 13.7. The minimum Gasteiger partial charge on any atom is -0.314 e. The molecule has 1 saturated heterocycles. The number of nitrogens with zero attached hydrogens (tertiary/aromatic N) is 2. The number of nitrogens with one attached hydrogen (secondary N) is 1. The van der Waals surface area contributed by atoms with E-state index in [1.54, 1.807) is 0 Å². The molecule has 0 radical (unpaired) electrons. The van der Waals surface area contributed by atoms with Crippen LogP contribution in [0.4, 0.5) is 0 Å². The average molecular weight is 281 g/mol. The van der Waals surface area contributed by atoms with Crippen molar-refractivity contribution in [3.8, 4) is 0 Å². The van der Waals surface area contributed by atoms with Crippen LogP contribution >= 0.6 is 0 Å². The van der Waals surface area contributed by atoms with Crippen LogP contribution in [0.25, 0.3) is 0 Å². The number of hydrogen-bond acceptors (Lipinski definition) is 3. The summed E-state index contributed by atoms with van der Waals surface area (Å²) in [6, 6.07) is 0.847. The molecule has 0 aromatic rings. The van der Waals surface area contributed by atoms with Gasteiger partial charge in [-0.25, -0.2) is 0 Å². The van der Waals surface area contributed by atoms with Crippen LogP contribution in [0.3, 0.4) is 0 Å². The molecule has 2 rings (SSSR count). The first-order chi connectivity index (χ1) is 9.79. The van der Waals surface area contributed by atoms with Crippen molar-refractivity contribution < 1.29 is 0 Å². The second-order valence-electron chi connectivity index (χ2n) is 6.89. The summed E-state index contributed by atoms with van der Waals surface area (Å²) in [5.41, 5.74) is 0. The Bertz CT molecular complexity index is 251. The Balaban J connectivity index is 1.67. The highest BCUT2D eigenvalue weighted by Gasteiger charge is 2.21. The Hall–Kier alpha value is -0.120. The normalized spacial score (nSPS) is 29.6. The van der Waals surface area contributed by atoms with Crippen LogP contribution in [0.2, 0.25) is 0 Å². The molecule has 2 unspecified atom stereocenters. The van der Waals surface area contributed by atoms with Crippen LogP contribution < -0.4 is 5.32 Å². The summed E-state index contributed by atoms with van der Waals surface area (Å²) in [6.45, 7) is 9.66. The fraction of sp³-hybridized carbons (Fsp3) is 1.00. The third-order valence-electron chi connectivity index (χ3n) is 5.36. The molecule has 3 nitrogen and oxygen atoms in total. The topological polar surface area (TPSA) is 18.5 Å². The van der Waals surface area contributed by atoms with Crippen LogP contribution in [0.15, 0.2) is 0 Å². The van der Waals surface area contributed by atoms with E-state index in [-0.39, 0.29) is 0 Å². The van der Waals surface area contributed by atoms with E-state index in [0.29, 0.717) is 0 Å². The first-order valence-corrected chi connectivity index (χ1v) is 8.93. The van der Waals surface area contributed by atoms with Crippen LogP contribution in [-0.2, 0) is 0 Å². The fourth-order valence-corrected chi connectivity index (χ4v) is 3.91. The van der Waals surface area contributed by atoms with Crippen molar-refractivity contribution >= 4 is 0 Å². The van der Waals surface area contributed by atoms with Gasteiger partial charge in [0.05, 0.1) is 0 Å². The summed E-state index contributed by atoms with van der Waals surface area (Å²) in [5, 5.41) is 3.44. The molecule has 20 heavy (non-hydrogen) atoms. The van der Waals surface area contributed by atoms with Gasteiger partial charge in [0, 0.05) is 45.3 Å². The highest BCUT2D eigenvalue weighted by Crippen LogP contribution is 2.28. The van der Waals surface area contributed by atoms with Gasteiger partial charge < -0.3 is 10.2 Å². The van der Waals surface area contributed by atoms with Crippen LogP contribution in [-0.4, -0.2) is 62.2 Å². The van der Waals surface area contributed by atoms with Crippen molar-refractivity contribution in [3.05, 3.63) is 0 Å². The average Bonchev–Trinajstić information content (AvgIpc) is 2.72. The van der Waals surface area contributed by atoms with Gasteiger partial charge in [0.15, 0.2) is 0 Å². The molecule has 0 bridgehead atoms. The van der Waals surface area contributed by atoms with E-state index in [1.165, 1.54) is 84.2 Å². The van der Waals surface area contributed by atoms with Crippen LogP contribution in [0.5, 0.6) is 0 Å². The van der Waals surface area contributed by atoms with Gasteiger partial charge in [-0.3, -0.25) is 4.90 Å². The highest BCUT2D eigenvalue weighted by molar-refractivity contribution is 4.77. The minimum atomic E-state index is 0.847. The Morgan fingerprint density at radius 1 is 1.10 bits per heavy atom. The van der Waals surface area contributed by atoms with Gasteiger partial charge in [-0.2, -0.15) is 0 Å². The van der Waals surface area contributed by atoms with Crippen molar-refractivity contribution in [1.82, 2.24) is 15.1 Å². The molecule has 1 aliphatic carbocycles. The van der Waals surface area contributed by atoms with Gasteiger partial charge in [0.1, 0.15) is 0 Å². The van der Waals surface area contributed by atoms with Gasteiger partial charge in [0.25, 0.3) is 0 Å². The third kappa shape index (κ3) is 5.34. The fourth-order valence-electron chi connectivity index (χ4n) is 3.91. The van der Waals surface area contributed by atoms with Crippen molar-refractivity contribution in [2.45, 2.75) is 57.9 Å². The monoisotopic (exact) mass is 281 g/mol. The Labute approximate surface area is 126 Å². The van der Waals surface area contributed by atoms with Crippen LogP contribution in [0, 0.1) is 5.92 Å². The van der Waals surface area contributed by atoms with Crippen molar-refractivity contribution in [3.63, 3.8) is 0 Å². The first-order valence-electron chi connectivity index (χ1n) is 8.93. The molecule has 1 aliphatic heterocycles. The summed E-state index contributed by atoms with van der Waals surface area (Å²) in [6.07, 6.45) is 10.1. The summed E-state index contributed by atoms with van der Waals surface area (Å²) in [7, 11) is 2.35. The second kappa shape index (κ2) is 9.01. The van der Waals surface area contributed by atoms with E-state index >= 15 is 0 Å². The zero-order chi connectivity index (χ0) is 14.2. The van der Waals surface area contributed by atoms with Crippen molar-refractivity contribution in [1.29, 1.82) is 0 Å². The summed E-state index contributed by atoms with van der Waals surface area (Å²) < 4.78 is 0. The lowest BCUT2D eigenvalue weighted by atomic mass is 9.95. The van der Waals surface area contributed by atoms with E-state index in [2.05, 4.69) is 29.1 Å². The maximum absolute atomic E-state index is 3.44. The lowest BCUT2D eigenvalue weighted by molar-refractivity contribution is 0.166. The van der Waals surface area contributed by atoms with Gasteiger partial charge in [-0.1, -0.05) is 32.6 Å².